The molecule has 1 aliphatic heterocycles. The minimum atomic E-state index is -1.16. The van der Waals surface area contributed by atoms with Gasteiger partial charge in [-0.15, -0.1) is 0 Å². The average Bonchev–Trinajstić information content (AvgIpc) is 2.93. The fourth-order valence-corrected chi connectivity index (χ4v) is 3.97. The Hall–Kier alpha value is -2.80. The molecule has 1 fully saturated rings. The van der Waals surface area contributed by atoms with Crippen LogP contribution in [0.4, 0.5) is 4.79 Å². The highest BCUT2D eigenvalue weighted by molar-refractivity contribution is 7.98. The van der Waals surface area contributed by atoms with E-state index in [1.165, 1.54) is 5.56 Å². The van der Waals surface area contributed by atoms with Crippen molar-refractivity contribution < 1.29 is 14.4 Å². The number of nitrogens with one attached hydrogen (secondary N) is 2. The number of urea groups is 1. The van der Waals surface area contributed by atoms with Gasteiger partial charge in [-0.25, -0.2) is 4.79 Å². The summed E-state index contributed by atoms with van der Waals surface area (Å²) < 4.78 is 0. The average molecular weight is 412 g/mol. The summed E-state index contributed by atoms with van der Waals surface area (Å²) in [4.78, 5) is 38.4. The van der Waals surface area contributed by atoms with E-state index in [1.807, 2.05) is 49.4 Å². The minimum absolute atomic E-state index is 0.282. The maximum atomic E-state index is 12.9. The summed E-state index contributed by atoms with van der Waals surface area (Å²) in [5.41, 5.74) is 1.84. The Bertz CT molecular complexity index is 886. The van der Waals surface area contributed by atoms with Crippen LogP contribution in [-0.2, 0) is 20.9 Å². The van der Waals surface area contributed by atoms with E-state index in [9.17, 15) is 14.4 Å². The maximum absolute atomic E-state index is 12.9. The molecule has 4 amide bonds. The third kappa shape index (κ3) is 4.98. The van der Waals surface area contributed by atoms with E-state index in [0.29, 0.717) is 12.1 Å². The summed E-state index contributed by atoms with van der Waals surface area (Å²) in [6.45, 7) is 3.82. The topological polar surface area (TPSA) is 78.5 Å². The van der Waals surface area contributed by atoms with E-state index >= 15 is 0 Å². The van der Waals surface area contributed by atoms with Crippen molar-refractivity contribution in [3.8, 4) is 0 Å². The second-order valence-corrected chi connectivity index (χ2v) is 8.31. The molecule has 29 heavy (non-hydrogen) atoms. The molecule has 1 heterocycles. The molecule has 2 N–H and O–H groups in total. The van der Waals surface area contributed by atoms with Crippen molar-refractivity contribution in [3.63, 3.8) is 0 Å². The highest BCUT2D eigenvalue weighted by Gasteiger charge is 2.49. The molecule has 2 aromatic carbocycles. The molecule has 1 aliphatic rings. The normalized spacial score (nSPS) is 18.6. The van der Waals surface area contributed by atoms with Crippen molar-refractivity contribution in [1.82, 2.24) is 15.5 Å². The lowest BCUT2D eigenvalue weighted by atomic mass is 9.91. The summed E-state index contributed by atoms with van der Waals surface area (Å²) in [5, 5.41) is 5.50. The van der Waals surface area contributed by atoms with Gasteiger partial charge in [0.05, 0.1) is 0 Å². The molecule has 0 unspecified atom stereocenters. The van der Waals surface area contributed by atoms with Gasteiger partial charge in [0.1, 0.15) is 12.1 Å². The fraction of sp³-hybridized carbons (Fsp3) is 0.318. The number of benzene rings is 2. The van der Waals surface area contributed by atoms with Crippen LogP contribution >= 0.6 is 11.8 Å². The van der Waals surface area contributed by atoms with Gasteiger partial charge in [-0.3, -0.25) is 14.5 Å². The van der Waals surface area contributed by atoms with Crippen LogP contribution in [0.5, 0.6) is 0 Å². The van der Waals surface area contributed by atoms with Gasteiger partial charge >= 0.3 is 6.03 Å². The predicted molar refractivity (Wildman–Crippen MR) is 114 cm³/mol. The standard InChI is InChI=1S/C22H25N3O3S/c1-16-8-10-18(11-9-16)22(2)20(27)25(21(28)24-22)14-19(26)23-12-13-29-15-17-6-4-3-5-7-17/h3-11H,12-15H2,1-2H3,(H,23,26)(H,24,28)/t22-/m0/s1. The summed E-state index contributed by atoms with van der Waals surface area (Å²) in [5.74, 6) is 0.863. The molecule has 152 valence electrons. The third-order valence-electron chi connectivity index (χ3n) is 4.89. The van der Waals surface area contributed by atoms with Crippen molar-refractivity contribution in [2.45, 2.75) is 25.1 Å². The number of rotatable bonds is 8. The first-order valence-electron chi connectivity index (χ1n) is 9.50. The van der Waals surface area contributed by atoms with Gasteiger partial charge in [-0.05, 0) is 25.0 Å². The van der Waals surface area contributed by atoms with Gasteiger partial charge in [-0.1, -0.05) is 60.2 Å². The molecule has 2 aromatic rings. The van der Waals surface area contributed by atoms with Crippen molar-refractivity contribution in [3.05, 3.63) is 71.3 Å². The molecular weight excluding hydrogens is 386 g/mol. The molecule has 1 atom stereocenters. The molecule has 6 nitrogen and oxygen atoms in total. The number of imide groups is 1. The number of amides is 4. The van der Waals surface area contributed by atoms with Crippen LogP contribution in [0.25, 0.3) is 0 Å². The Morgan fingerprint density at radius 2 is 1.79 bits per heavy atom. The summed E-state index contributed by atoms with van der Waals surface area (Å²) in [7, 11) is 0. The van der Waals surface area contributed by atoms with Crippen LogP contribution < -0.4 is 10.6 Å². The number of nitrogens with zero attached hydrogens (tertiary/aromatic N) is 1. The van der Waals surface area contributed by atoms with E-state index in [1.54, 1.807) is 18.7 Å². The fourth-order valence-electron chi connectivity index (χ4n) is 3.15. The zero-order valence-corrected chi connectivity index (χ0v) is 17.4. The van der Waals surface area contributed by atoms with Crippen LogP contribution in [0.1, 0.15) is 23.6 Å². The van der Waals surface area contributed by atoms with Crippen molar-refractivity contribution in [1.29, 1.82) is 0 Å². The molecule has 0 aromatic heterocycles. The monoisotopic (exact) mass is 411 g/mol. The quantitative estimate of drug-likeness (QED) is 0.517. The molecule has 7 heteroatoms. The first-order chi connectivity index (χ1) is 13.9. The molecule has 0 saturated carbocycles. The largest absolute Gasteiger partial charge is 0.354 e. The minimum Gasteiger partial charge on any atom is -0.354 e. The molecule has 3 rings (SSSR count). The Labute approximate surface area is 175 Å². The van der Waals surface area contributed by atoms with E-state index < -0.39 is 17.5 Å². The molecule has 0 radical (unpaired) electrons. The number of hydrogen-bond donors (Lipinski definition) is 2. The SMILES string of the molecule is Cc1ccc([C@]2(C)NC(=O)N(CC(=O)NCCSCc3ccccc3)C2=O)cc1. The van der Waals surface area contributed by atoms with Crippen molar-refractivity contribution in [2.24, 2.45) is 0 Å². The molecule has 0 bridgehead atoms. The Balaban J connectivity index is 1.48. The smallest absolute Gasteiger partial charge is 0.325 e. The van der Waals surface area contributed by atoms with Crippen molar-refractivity contribution >= 4 is 29.6 Å². The number of carbonyl (C=O) groups excluding carboxylic acids is 3. The van der Waals surface area contributed by atoms with E-state index in [0.717, 1.165) is 22.0 Å². The summed E-state index contributed by atoms with van der Waals surface area (Å²) >= 11 is 1.72. The van der Waals surface area contributed by atoms with Gasteiger partial charge in [0.15, 0.2) is 0 Å². The molecule has 1 saturated heterocycles. The van der Waals surface area contributed by atoms with Gasteiger partial charge in [0.2, 0.25) is 5.91 Å². The second-order valence-electron chi connectivity index (χ2n) is 7.20. The Morgan fingerprint density at radius 3 is 2.48 bits per heavy atom. The lowest BCUT2D eigenvalue weighted by Gasteiger charge is -2.22. The van der Waals surface area contributed by atoms with Gasteiger partial charge < -0.3 is 10.6 Å². The molecular formula is C22H25N3O3S. The first-order valence-corrected chi connectivity index (χ1v) is 10.7. The van der Waals surface area contributed by atoms with E-state index in [4.69, 9.17) is 0 Å². The highest BCUT2D eigenvalue weighted by Crippen LogP contribution is 2.28. The van der Waals surface area contributed by atoms with Crippen LogP contribution in [0.15, 0.2) is 54.6 Å². The summed E-state index contributed by atoms with van der Waals surface area (Å²) in [6, 6.07) is 17.0. The zero-order chi connectivity index (χ0) is 20.9. The first kappa shape index (κ1) is 20.9. The van der Waals surface area contributed by atoms with Gasteiger partial charge in [0, 0.05) is 18.1 Å². The Kier molecular flexibility index (Phi) is 6.59. The Morgan fingerprint density at radius 1 is 1.10 bits per heavy atom. The predicted octanol–water partition coefficient (Wildman–Crippen LogP) is 2.81. The number of carbonyl (C=O) groups is 3. The molecule has 0 spiro atoms. The second kappa shape index (κ2) is 9.13. The number of aryl methyl sites for hydroxylation is 1. The maximum Gasteiger partial charge on any atom is 0.325 e. The lowest BCUT2D eigenvalue weighted by Crippen LogP contribution is -2.43. The number of hydrogen-bond acceptors (Lipinski definition) is 4. The van der Waals surface area contributed by atoms with Gasteiger partial charge in [-0.2, -0.15) is 11.8 Å². The number of thioether (sulfide) groups is 1. The highest BCUT2D eigenvalue weighted by atomic mass is 32.2. The molecule has 0 aliphatic carbocycles. The zero-order valence-electron chi connectivity index (χ0n) is 16.6. The van der Waals surface area contributed by atoms with Gasteiger partial charge in [0.25, 0.3) is 5.91 Å². The van der Waals surface area contributed by atoms with Crippen LogP contribution in [-0.4, -0.2) is 41.6 Å². The van der Waals surface area contributed by atoms with Crippen molar-refractivity contribution in [2.75, 3.05) is 18.8 Å². The van der Waals surface area contributed by atoms with Crippen LogP contribution in [0, 0.1) is 6.92 Å². The summed E-state index contributed by atoms with van der Waals surface area (Å²) in [6.07, 6.45) is 0. The lowest BCUT2D eigenvalue weighted by molar-refractivity contribution is -0.134. The van der Waals surface area contributed by atoms with E-state index in [2.05, 4.69) is 22.8 Å². The third-order valence-corrected chi connectivity index (χ3v) is 5.92. The van der Waals surface area contributed by atoms with Crippen LogP contribution in [0.3, 0.4) is 0 Å². The van der Waals surface area contributed by atoms with Crippen LogP contribution in [0.2, 0.25) is 0 Å². The van der Waals surface area contributed by atoms with E-state index in [-0.39, 0.29) is 12.5 Å².